The Morgan fingerprint density at radius 1 is 1.57 bits per heavy atom. The van der Waals surface area contributed by atoms with Gasteiger partial charge in [-0.2, -0.15) is 0 Å². The Labute approximate surface area is 83.2 Å². The van der Waals surface area contributed by atoms with E-state index in [9.17, 15) is 9.59 Å². The molecule has 0 bridgehead atoms. The van der Waals surface area contributed by atoms with Crippen molar-refractivity contribution < 1.29 is 9.59 Å². The van der Waals surface area contributed by atoms with Crippen LogP contribution < -0.4 is 11.1 Å². The van der Waals surface area contributed by atoms with Crippen molar-refractivity contribution in [2.24, 2.45) is 11.7 Å². The van der Waals surface area contributed by atoms with Gasteiger partial charge in [0.25, 0.3) is 5.91 Å². The standard InChI is InChI=1S/C10H14N2O2/c1-2-3-10(14)12-8(6-9(11)13)7-4-5-7/h7-8H,4-6H2,1H3,(H2,11,13)(H,12,14). The van der Waals surface area contributed by atoms with Gasteiger partial charge in [0.2, 0.25) is 5.91 Å². The van der Waals surface area contributed by atoms with E-state index in [0.29, 0.717) is 5.92 Å². The van der Waals surface area contributed by atoms with Crippen molar-refractivity contribution in [1.29, 1.82) is 0 Å². The van der Waals surface area contributed by atoms with Crippen molar-refractivity contribution >= 4 is 11.8 Å². The van der Waals surface area contributed by atoms with E-state index in [0.717, 1.165) is 12.8 Å². The largest absolute Gasteiger partial charge is 0.370 e. The van der Waals surface area contributed by atoms with Gasteiger partial charge in [-0.25, -0.2) is 0 Å². The van der Waals surface area contributed by atoms with Crippen LogP contribution in [0.25, 0.3) is 0 Å². The van der Waals surface area contributed by atoms with Gasteiger partial charge in [0.15, 0.2) is 0 Å². The molecular formula is C10H14N2O2. The summed E-state index contributed by atoms with van der Waals surface area (Å²) in [6.45, 7) is 1.60. The normalized spacial score (nSPS) is 16.4. The van der Waals surface area contributed by atoms with Crippen molar-refractivity contribution in [3.05, 3.63) is 0 Å². The smallest absolute Gasteiger partial charge is 0.296 e. The molecule has 76 valence electrons. The molecule has 0 aromatic heterocycles. The third-order valence-electron chi connectivity index (χ3n) is 2.17. The van der Waals surface area contributed by atoms with E-state index in [1.807, 2.05) is 0 Å². The Bertz CT molecular complexity index is 297. The van der Waals surface area contributed by atoms with Gasteiger partial charge in [0.05, 0.1) is 0 Å². The molecule has 1 aliphatic carbocycles. The summed E-state index contributed by atoms with van der Waals surface area (Å²) in [5.74, 6) is 4.58. The molecule has 1 fully saturated rings. The van der Waals surface area contributed by atoms with Gasteiger partial charge in [0.1, 0.15) is 0 Å². The van der Waals surface area contributed by atoms with Crippen LogP contribution in [0.4, 0.5) is 0 Å². The third-order valence-corrected chi connectivity index (χ3v) is 2.17. The second-order valence-corrected chi connectivity index (χ2v) is 3.46. The summed E-state index contributed by atoms with van der Waals surface area (Å²) in [6.07, 6.45) is 2.32. The summed E-state index contributed by atoms with van der Waals surface area (Å²) in [7, 11) is 0. The quantitative estimate of drug-likeness (QED) is 0.607. The molecule has 1 saturated carbocycles. The SMILES string of the molecule is CC#CC(=O)NC(CC(N)=O)C1CC1. The predicted molar refractivity (Wildman–Crippen MR) is 51.9 cm³/mol. The minimum atomic E-state index is -0.383. The number of hydrogen-bond donors (Lipinski definition) is 2. The Balaban J connectivity index is 2.45. The van der Waals surface area contributed by atoms with Crippen molar-refractivity contribution in [2.45, 2.75) is 32.2 Å². The van der Waals surface area contributed by atoms with Gasteiger partial charge in [-0.15, -0.1) is 0 Å². The number of rotatable bonds is 4. The second kappa shape index (κ2) is 4.66. The molecule has 14 heavy (non-hydrogen) atoms. The first-order valence-electron chi connectivity index (χ1n) is 4.65. The zero-order valence-electron chi connectivity index (χ0n) is 8.17. The second-order valence-electron chi connectivity index (χ2n) is 3.46. The van der Waals surface area contributed by atoms with Crippen molar-refractivity contribution in [3.63, 3.8) is 0 Å². The molecule has 1 unspecified atom stereocenters. The van der Waals surface area contributed by atoms with Gasteiger partial charge in [-0.3, -0.25) is 9.59 Å². The molecule has 4 heteroatoms. The first-order valence-corrected chi connectivity index (χ1v) is 4.65. The maximum atomic E-state index is 11.1. The fourth-order valence-electron chi connectivity index (χ4n) is 1.37. The fourth-order valence-corrected chi connectivity index (χ4v) is 1.37. The topological polar surface area (TPSA) is 72.2 Å². The highest BCUT2D eigenvalue weighted by atomic mass is 16.2. The molecule has 1 rings (SSSR count). The minimum Gasteiger partial charge on any atom is -0.370 e. The number of amides is 2. The highest BCUT2D eigenvalue weighted by molar-refractivity contribution is 5.93. The molecule has 1 atom stereocenters. The Morgan fingerprint density at radius 2 is 2.21 bits per heavy atom. The number of hydrogen-bond acceptors (Lipinski definition) is 2. The van der Waals surface area contributed by atoms with E-state index >= 15 is 0 Å². The molecule has 0 heterocycles. The molecule has 0 aromatic carbocycles. The van der Waals surface area contributed by atoms with Gasteiger partial charge in [0, 0.05) is 12.5 Å². The van der Waals surface area contributed by atoms with E-state index in [1.165, 1.54) is 0 Å². The lowest BCUT2D eigenvalue weighted by atomic mass is 10.1. The Hall–Kier alpha value is -1.50. The van der Waals surface area contributed by atoms with Gasteiger partial charge < -0.3 is 11.1 Å². The maximum Gasteiger partial charge on any atom is 0.296 e. The number of primary amides is 1. The molecule has 4 nitrogen and oxygen atoms in total. The summed E-state index contributed by atoms with van der Waals surface area (Å²) < 4.78 is 0. The summed E-state index contributed by atoms with van der Waals surface area (Å²) in [4.78, 5) is 21.8. The number of nitrogens with two attached hydrogens (primary N) is 1. The van der Waals surface area contributed by atoms with E-state index in [-0.39, 0.29) is 24.3 Å². The van der Waals surface area contributed by atoms with Crippen molar-refractivity contribution in [3.8, 4) is 11.8 Å². The van der Waals surface area contributed by atoms with Crippen LogP contribution in [0.15, 0.2) is 0 Å². The van der Waals surface area contributed by atoms with E-state index in [1.54, 1.807) is 6.92 Å². The van der Waals surface area contributed by atoms with Crippen LogP contribution in [0.3, 0.4) is 0 Å². The highest BCUT2D eigenvalue weighted by Gasteiger charge is 2.32. The monoisotopic (exact) mass is 194 g/mol. The van der Waals surface area contributed by atoms with E-state index in [2.05, 4.69) is 17.2 Å². The van der Waals surface area contributed by atoms with Crippen molar-refractivity contribution in [1.82, 2.24) is 5.32 Å². The molecule has 0 radical (unpaired) electrons. The summed E-state index contributed by atoms with van der Waals surface area (Å²) in [5, 5.41) is 2.70. The molecule has 1 aliphatic rings. The molecule has 0 aromatic rings. The van der Waals surface area contributed by atoms with Crippen LogP contribution in [0.1, 0.15) is 26.2 Å². The molecule has 2 amide bonds. The third kappa shape index (κ3) is 3.48. The van der Waals surface area contributed by atoms with E-state index in [4.69, 9.17) is 5.73 Å². The van der Waals surface area contributed by atoms with Gasteiger partial charge in [-0.05, 0) is 31.6 Å². The number of nitrogens with one attached hydrogen (secondary N) is 1. The van der Waals surface area contributed by atoms with Crippen LogP contribution in [0, 0.1) is 17.8 Å². The van der Waals surface area contributed by atoms with Crippen LogP contribution in [0.2, 0.25) is 0 Å². The average molecular weight is 194 g/mol. The fraction of sp³-hybridized carbons (Fsp3) is 0.600. The summed E-state index contributed by atoms with van der Waals surface area (Å²) in [5.41, 5.74) is 5.08. The number of carbonyl (C=O) groups is 2. The molecule has 0 spiro atoms. The van der Waals surface area contributed by atoms with Gasteiger partial charge >= 0.3 is 0 Å². The maximum absolute atomic E-state index is 11.1. The zero-order chi connectivity index (χ0) is 10.6. The molecular weight excluding hydrogens is 180 g/mol. The van der Waals surface area contributed by atoms with Crippen LogP contribution in [-0.4, -0.2) is 17.9 Å². The lowest BCUT2D eigenvalue weighted by Crippen LogP contribution is -2.38. The number of carbonyl (C=O) groups excluding carboxylic acids is 2. The van der Waals surface area contributed by atoms with Crippen molar-refractivity contribution in [2.75, 3.05) is 0 Å². The lowest BCUT2D eigenvalue weighted by molar-refractivity contribution is -0.119. The molecule has 3 N–H and O–H groups in total. The summed E-state index contributed by atoms with van der Waals surface area (Å²) >= 11 is 0. The van der Waals surface area contributed by atoms with Crippen LogP contribution >= 0.6 is 0 Å². The Kier molecular flexibility index (Phi) is 3.52. The summed E-state index contributed by atoms with van der Waals surface area (Å²) in [6, 6.07) is -0.124. The molecule has 0 aliphatic heterocycles. The Morgan fingerprint density at radius 3 is 2.64 bits per heavy atom. The first kappa shape index (κ1) is 10.6. The highest BCUT2D eigenvalue weighted by Crippen LogP contribution is 2.33. The van der Waals surface area contributed by atoms with E-state index < -0.39 is 0 Å². The first-order chi connectivity index (χ1) is 6.63. The van der Waals surface area contributed by atoms with Gasteiger partial charge in [-0.1, -0.05) is 5.92 Å². The lowest BCUT2D eigenvalue weighted by Gasteiger charge is -2.14. The zero-order valence-corrected chi connectivity index (χ0v) is 8.17. The van der Waals surface area contributed by atoms with Crippen LogP contribution in [-0.2, 0) is 9.59 Å². The average Bonchev–Trinajstić information content (AvgIpc) is 2.84. The van der Waals surface area contributed by atoms with Crippen LogP contribution in [0.5, 0.6) is 0 Å². The minimum absolute atomic E-state index is 0.124. The predicted octanol–water partition coefficient (Wildman–Crippen LogP) is -0.220. The molecule has 0 saturated heterocycles.